The van der Waals surface area contributed by atoms with E-state index in [0.717, 1.165) is 5.56 Å². The summed E-state index contributed by atoms with van der Waals surface area (Å²) in [6.45, 7) is 1.28. The summed E-state index contributed by atoms with van der Waals surface area (Å²) >= 11 is 11.9. The van der Waals surface area contributed by atoms with E-state index in [1.54, 1.807) is 36.4 Å². The smallest absolute Gasteiger partial charge is 0.276 e. The van der Waals surface area contributed by atoms with Crippen LogP contribution in [0.25, 0.3) is 0 Å². The summed E-state index contributed by atoms with van der Waals surface area (Å²) in [6.07, 6.45) is 0. The molecule has 0 heterocycles. The number of carbonyl (C=O) groups is 2. The molecule has 0 saturated carbocycles. The van der Waals surface area contributed by atoms with Gasteiger partial charge in [-0.1, -0.05) is 41.4 Å². The first-order valence-electron chi connectivity index (χ1n) is 7.29. The average Bonchev–Trinajstić information content (AvgIpc) is 2.60. The summed E-state index contributed by atoms with van der Waals surface area (Å²) in [7, 11) is 0. The first-order valence-corrected chi connectivity index (χ1v) is 8.05. The molecular formula is C17H16Cl2N2O4. The minimum absolute atomic E-state index is 0.297. The van der Waals surface area contributed by atoms with Gasteiger partial charge in [0, 0.05) is 0 Å². The van der Waals surface area contributed by atoms with E-state index in [0.29, 0.717) is 21.5 Å². The summed E-state index contributed by atoms with van der Waals surface area (Å²) in [5.74, 6) is -0.307. The molecular weight excluding hydrogens is 367 g/mol. The summed E-state index contributed by atoms with van der Waals surface area (Å²) in [6, 6.07) is 12.0. The molecule has 6 nitrogen and oxygen atoms in total. The number of amides is 2. The second-order valence-electron chi connectivity index (χ2n) is 5.04. The van der Waals surface area contributed by atoms with Gasteiger partial charge in [0.2, 0.25) is 0 Å². The van der Waals surface area contributed by atoms with Gasteiger partial charge in [-0.2, -0.15) is 0 Å². The monoisotopic (exact) mass is 382 g/mol. The number of carbonyl (C=O) groups excluding carboxylic acids is 2. The lowest BCUT2D eigenvalue weighted by molar-refractivity contribution is -0.131. The Morgan fingerprint density at radius 2 is 1.44 bits per heavy atom. The first kappa shape index (κ1) is 18.9. The second kappa shape index (κ2) is 9.15. The van der Waals surface area contributed by atoms with Crippen LogP contribution < -0.4 is 20.3 Å². The van der Waals surface area contributed by atoms with Gasteiger partial charge >= 0.3 is 0 Å². The van der Waals surface area contributed by atoms with Crippen LogP contribution >= 0.6 is 23.2 Å². The van der Waals surface area contributed by atoms with Crippen molar-refractivity contribution in [2.75, 3.05) is 13.2 Å². The van der Waals surface area contributed by atoms with Crippen LogP contribution in [0.15, 0.2) is 42.5 Å². The lowest BCUT2D eigenvalue weighted by Gasteiger charge is -2.11. The van der Waals surface area contributed by atoms with Crippen molar-refractivity contribution in [2.24, 2.45) is 0 Å². The SMILES string of the molecule is Cc1ccc(Cl)c(OCC(=O)NNC(=O)COc2ccccc2Cl)c1. The van der Waals surface area contributed by atoms with E-state index in [4.69, 9.17) is 32.7 Å². The number of nitrogens with one attached hydrogen (secondary N) is 2. The molecule has 0 radical (unpaired) electrons. The minimum atomic E-state index is -0.540. The first-order chi connectivity index (χ1) is 12.0. The van der Waals surface area contributed by atoms with Gasteiger partial charge in [0.15, 0.2) is 13.2 Å². The third-order valence-electron chi connectivity index (χ3n) is 2.98. The van der Waals surface area contributed by atoms with Gasteiger partial charge in [-0.05, 0) is 36.8 Å². The lowest BCUT2D eigenvalue weighted by atomic mass is 10.2. The van der Waals surface area contributed by atoms with Crippen LogP contribution in [0.3, 0.4) is 0 Å². The molecule has 2 aromatic rings. The molecule has 0 unspecified atom stereocenters. The van der Waals surface area contributed by atoms with Gasteiger partial charge in [0.05, 0.1) is 10.0 Å². The van der Waals surface area contributed by atoms with Crippen LogP contribution in [0.1, 0.15) is 5.56 Å². The van der Waals surface area contributed by atoms with Crippen LogP contribution in [-0.2, 0) is 9.59 Å². The lowest BCUT2D eigenvalue weighted by Crippen LogP contribution is -2.45. The number of aryl methyl sites for hydroxylation is 1. The maximum absolute atomic E-state index is 11.7. The van der Waals surface area contributed by atoms with Crippen molar-refractivity contribution in [3.63, 3.8) is 0 Å². The van der Waals surface area contributed by atoms with E-state index in [9.17, 15) is 9.59 Å². The maximum Gasteiger partial charge on any atom is 0.276 e. The zero-order valence-electron chi connectivity index (χ0n) is 13.3. The minimum Gasteiger partial charge on any atom is -0.482 e. The highest BCUT2D eigenvalue weighted by Crippen LogP contribution is 2.25. The Morgan fingerprint density at radius 1 is 0.880 bits per heavy atom. The van der Waals surface area contributed by atoms with E-state index in [-0.39, 0.29) is 13.2 Å². The average molecular weight is 383 g/mol. The molecule has 132 valence electrons. The second-order valence-corrected chi connectivity index (χ2v) is 5.85. The Balaban J connectivity index is 1.71. The quantitative estimate of drug-likeness (QED) is 0.753. The molecule has 0 aliphatic heterocycles. The number of hydrogen-bond acceptors (Lipinski definition) is 4. The molecule has 0 fully saturated rings. The van der Waals surface area contributed by atoms with Crippen molar-refractivity contribution >= 4 is 35.0 Å². The van der Waals surface area contributed by atoms with Crippen LogP contribution in [0.4, 0.5) is 0 Å². The molecule has 8 heteroatoms. The molecule has 0 aliphatic carbocycles. The van der Waals surface area contributed by atoms with Crippen molar-refractivity contribution in [3.8, 4) is 11.5 Å². The fourth-order valence-electron chi connectivity index (χ4n) is 1.78. The van der Waals surface area contributed by atoms with Crippen molar-refractivity contribution < 1.29 is 19.1 Å². The molecule has 0 aromatic heterocycles. The Bertz CT molecular complexity index is 768. The summed E-state index contributed by atoms with van der Waals surface area (Å²) < 4.78 is 10.6. The van der Waals surface area contributed by atoms with E-state index in [1.807, 2.05) is 13.0 Å². The Labute approximate surface area is 155 Å². The number of rotatable bonds is 6. The Morgan fingerprint density at radius 3 is 2.08 bits per heavy atom. The third-order valence-corrected chi connectivity index (χ3v) is 3.61. The van der Waals surface area contributed by atoms with Gasteiger partial charge in [0.1, 0.15) is 11.5 Å². The van der Waals surface area contributed by atoms with E-state index in [2.05, 4.69) is 10.9 Å². The zero-order valence-corrected chi connectivity index (χ0v) is 14.9. The highest BCUT2D eigenvalue weighted by Gasteiger charge is 2.09. The van der Waals surface area contributed by atoms with Crippen LogP contribution in [0.2, 0.25) is 10.0 Å². The van der Waals surface area contributed by atoms with Crippen LogP contribution in [0, 0.1) is 6.92 Å². The Kier molecular flexibility index (Phi) is 6.91. The number of hydrogen-bond donors (Lipinski definition) is 2. The van der Waals surface area contributed by atoms with E-state index >= 15 is 0 Å². The van der Waals surface area contributed by atoms with Crippen molar-refractivity contribution in [3.05, 3.63) is 58.1 Å². The number of para-hydroxylation sites is 1. The molecule has 2 aromatic carbocycles. The summed E-state index contributed by atoms with van der Waals surface area (Å²) in [5.41, 5.74) is 5.38. The van der Waals surface area contributed by atoms with Gasteiger partial charge < -0.3 is 9.47 Å². The maximum atomic E-state index is 11.7. The third kappa shape index (κ3) is 6.17. The van der Waals surface area contributed by atoms with Crippen molar-refractivity contribution in [2.45, 2.75) is 6.92 Å². The number of ether oxygens (including phenoxy) is 2. The fourth-order valence-corrected chi connectivity index (χ4v) is 2.14. The predicted molar refractivity (Wildman–Crippen MR) is 94.9 cm³/mol. The molecule has 0 spiro atoms. The van der Waals surface area contributed by atoms with Crippen LogP contribution in [-0.4, -0.2) is 25.0 Å². The molecule has 0 saturated heterocycles. The van der Waals surface area contributed by atoms with Gasteiger partial charge in [-0.15, -0.1) is 0 Å². The molecule has 2 N–H and O–H groups in total. The highest BCUT2D eigenvalue weighted by molar-refractivity contribution is 6.32. The summed E-state index contributed by atoms with van der Waals surface area (Å²) in [4.78, 5) is 23.3. The van der Waals surface area contributed by atoms with E-state index < -0.39 is 11.8 Å². The van der Waals surface area contributed by atoms with Crippen molar-refractivity contribution in [1.82, 2.24) is 10.9 Å². The van der Waals surface area contributed by atoms with Gasteiger partial charge in [-0.3, -0.25) is 20.4 Å². The van der Waals surface area contributed by atoms with Gasteiger partial charge in [-0.25, -0.2) is 0 Å². The van der Waals surface area contributed by atoms with Crippen molar-refractivity contribution in [1.29, 1.82) is 0 Å². The molecule has 0 atom stereocenters. The molecule has 2 amide bonds. The number of hydrazine groups is 1. The normalized spacial score (nSPS) is 10.0. The summed E-state index contributed by atoms with van der Waals surface area (Å²) in [5, 5.41) is 0.790. The number of halogens is 2. The fraction of sp³-hybridized carbons (Fsp3) is 0.176. The highest BCUT2D eigenvalue weighted by atomic mass is 35.5. The van der Waals surface area contributed by atoms with Crippen LogP contribution in [0.5, 0.6) is 11.5 Å². The molecule has 0 bridgehead atoms. The molecule has 0 aliphatic rings. The van der Waals surface area contributed by atoms with E-state index in [1.165, 1.54) is 0 Å². The largest absolute Gasteiger partial charge is 0.482 e. The predicted octanol–water partition coefficient (Wildman–Crippen LogP) is 2.91. The molecule has 2 rings (SSSR count). The molecule has 25 heavy (non-hydrogen) atoms. The van der Waals surface area contributed by atoms with Gasteiger partial charge in [0.25, 0.3) is 11.8 Å². The topological polar surface area (TPSA) is 76.7 Å². The zero-order chi connectivity index (χ0) is 18.2. The Hall–Kier alpha value is -2.44. The number of benzene rings is 2. The standard InChI is InChI=1S/C17H16Cl2N2O4/c1-11-6-7-13(19)15(8-11)25-10-17(23)21-20-16(22)9-24-14-5-3-2-4-12(14)18/h2-8H,9-10H2,1H3,(H,20,22)(H,21,23).